The van der Waals surface area contributed by atoms with Crippen LogP contribution in [0.5, 0.6) is 0 Å². The number of H-pyrrole nitrogens is 1. The Kier molecular flexibility index (Phi) is 3.84. The number of rotatable bonds is 4. The highest BCUT2D eigenvalue weighted by molar-refractivity contribution is 7.92. The zero-order chi connectivity index (χ0) is 15.6. The maximum Gasteiger partial charge on any atom is 0.340 e. The summed E-state index contributed by atoms with van der Waals surface area (Å²) in [5.74, 6) is -1.44. The van der Waals surface area contributed by atoms with Gasteiger partial charge in [0.25, 0.3) is 10.0 Å². The van der Waals surface area contributed by atoms with Crippen LogP contribution in [0.15, 0.2) is 29.4 Å². The predicted molar refractivity (Wildman–Crippen MR) is 72.5 cm³/mol. The van der Waals surface area contributed by atoms with E-state index >= 15 is 0 Å². The highest BCUT2D eigenvalue weighted by Gasteiger charge is 2.25. The van der Waals surface area contributed by atoms with Gasteiger partial charge in [-0.2, -0.15) is 18.8 Å². The molecule has 8 nitrogen and oxygen atoms in total. The van der Waals surface area contributed by atoms with Crippen molar-refractivity contribution in [1.29, 1.82) is 5.26 Å². The summed E-state index contributed by atoms with van der Waals surface area (Å²) >= 11 is 5.84. The first kappa shape index (κ1) is 14.8. The summed E-state index contributed by atoms with van der Waals surface area (Å²) in [6, 6.07) is 5.84. The number of anilines is 1. The standard InChI is InChI=1S/C11H7ClN4O4S/c12-8-2-1-6(4-13)3-9(8)16-21(19,20)10-7(11(17)18)5-14-15-10/h1-3,5,16H,(H,14,15)(H,17,18). The van der Waals surface area contributed by atoms with Gasteiger partial charge < -0.3 is 5.11 Å². The van der Waals surface area contributed by atoms with Crippen LogP contribution in [0, 0.1) is 11.3 Å². The molecule has 0 aliphatic heterocycles. The lowest BCUT2D eigenvalue weighted by Gasteiger charge is -2.09. The number of hydrogen-bond acceptors (Lipinski definition) is 5. The molecule has 108 valence electrons. The molecule has 0 unspecified atom stereocenters. The number of halogens is 1. The lowest BCUT2D eigenvalue weighted by molar-refractivity contribution is 0.0692. The third kappa shape index (κ3) is 2.96. The van der Waals surface area contributed by atoms with Crippen LogP contribution in [-0.4, -0.2) is 29.7 Å². The van der Waals surface area contributed by atoms with E-state index in [-0.39, 0.29) is 16.3 Å². The van der Waals surface area contributed by atoms with E-state index in [1.54, 1.807) is 0 Å². The molecule has 2 rings (SSSR count). The molecule has 0 aliphatic carbocycles. The minimum absolute atomic E-state index is 0.0401. The summed E-state index contributed by atoms with van der Waals surface area (Å²) in [6.45, 7) is 0. The topological polar surface area (TPSA) is 136 Å². The van der Waals surface area contributed by atoms with Crippen molar-refractivity contribution in [2.24, 2.45) is 0 Å². The van der Waals surface area contributed by atoms with Gasteiger partial charge in [-0.1, -0.05) is 11.6 Å². The third-order valence-electron chi connectivity index (χ3n) is 2.44. The van der Waals surface area contributed by atoms with E-state index in [1.165, 1.54) is 18.2 Å². The number of benzene rings is 1. The molecule has 0 bridgehead atoms. The third-order valence-corrected chi connectivity index (χ3v) is 4.11. The van der Waals surface area contributed by atoms with Crippen LogP contribution in [0.3, 0.4) is 0 Å². The predicted octanol–water partition coefficient (Wildman–Crippen LogP) is 1.43. The van der Waals surface area contributed by atoms with Crippen molar-refractivity contribution in [2.75, 3.05) is 4.72 Å². The monoisotopic (exact) mass is 326 g/mol. The normalized spacial score (nSPS) is 10.9. The van der Waals surface area contributed by atoms with Crippen LogP contribution < -0.4 is 4.72 Å². The molecule has 1 aromatic carbocycles. The molecule has 0 saturated heterocycles. The van der Waals surface area contributed by atoms with Crippen LogP contribution in [0.4, 0.5) is 5.69 Å². The molecule has 0 atom stereocenters. The van der Waals surface area contributed by atoms with Gasteiger partial charge >= 0.3 is 5.97 Å². The largest absolute Gasteiger partial charge is 0.478 e. The molecule has 1 heterocycles. The maximum absolute atomic E-state index is 12.2. The van der Waals surface area contributed by atoms with Crippen molar-refractivity contribution in [1.82, 2.24) is 10.2 Å². The second-order valence-corrected chi connectivity index (χ2v) is 5.86. The van der Waals surface area contributed by atoms with Crippen molar-refractivity contribution >= 4 is 33.3 Å². The molecule has 3 N–H and O–H groups in total. The molecule has 0 saturated carbocycles. The fourth-order valence-electron chi connectivity index (χ4n) is 1.50. The van der Waals surface area contributed by atoms with Crippen molar-refractivity contribution in [3.05, 3.63) is 40.5 Å². The Balaban J connectivity index is 2.45. The molecule has 10 heteroatoms. The molecule has 2 aromatic rings. The molecule has 0 radical (unpaired) electrons. The number of aromatic nitrogens is 2. The average Bonchev–Trinajstić information content (AvgIpc) is 2.91. The number of hydrogen-bond donors (Lipinski definition) is 3. The van der Waals surface area contributed by atoms with Gasteiger partial charge in [0.15, 0.2) is 5.03 Å². The summed E-state index contributed by atoms with van der Waals surface area (Å²) in [4.78, 5) is 10.9. The molecule has 21 heavy (non-hydrogen) atoms. The Morgan fingerprint density at radius 2 is 2.19 bits per heavy atom. The quantitative estimate of drug-likeness (QED) is 0.777. The summed E-state index contributed by atoms with van der Waals surface area (Å²) in [5.41, 5.74) is -0.350. The van der Waals surface area contributed by atoms with Crippen molar-refractivity contribution in [3.63, 3.8) is 0 Å². The molecule has 1 aromatic heterocycles. The SMILES string of the molecule is N#Cc1ccc(Cl)c(NS(=O)(=O)c2[nH]ncc2C(=O)O)c1. The molecular weight excluding hydrogens is 320 g/mol. The number of carboxylic acids is 1. The van der Waals surface area contributed by atoms with E-state index < -0.39 is 26.6 Å². The first-order chi connectivity index (χ1) is 9.85. The van der Waals surface area contributed by atoms with Crippen molar-refractivity contribution in [2.45, 2.75) is 5.03 Å². The molecular formula is C11H7ClN4O4S. The smallest absolute Gasteiger partial charge is 0.340 e. The second-order valence-electron chi connectivity index (χ2n) is 3.83. The van der Waals surface area contributed by atoms with Crippen LogP contribution in [0.2, 0.25) is 5.02 Å². The van der Waals surface area contributed by atoms with Gasteiger partial charge in [-0.3, -0.25) is 9.82 Å². The van der Waals surface area contributed by atoms with Crippen LogP contribution in [-0.2, 0) is 10.0 Å². The zero-order valence-corrected chi connectivity index (χ0v) is 11.7. The number of aromatic amines is 1. The summed E-state index contributed by atoms with van der Waals surface area (Å²) in [7, 11) is -4.24. The van der Waals surface area contributed by atoms with Gasteiger partial charge in [0, 0.05) is 0 Å². The van der Waals surface area contributed by atoms with Crippen molar-refractivity contribution in [3.8, 4) is 6.07 Å². The van der Waals surface area contributed by atoms with E-state index in [1.807, 2.05) is 6.07 Å². The average molecular weight is 327 g/mol. The molecule has 0 fully saturated rings. The van der Waals surface area contributed by atoms with Crippen LogP contribution in [0.25, 0.3) is 0 Å². The highest BCUT2D eigenvalue weighted by atomic mass is 35.5. The number of nitriles is 1. The van der Waals surface area contributed by atoms with Gasteiger partial charge in [-0.15, -0.1) is 0 Å². The summed E-state index contributed by atoms with van der Waals surface area (Å²) < 4.78 is 26.4. The van der Waals surface area contributed by atoms with Gasteiger partial charge in [0.1, 0.15) is 5.56 Å². The van der Waals surface area contributed by atoms with Crippen LogP contribution in [0.1, 0.15) is 15.9 Å². The number of aromatic carboxylic acids is 1. The van der Waals surface area contributed by atoms with Gasteiger partial charge in [0.2, 0.25) is 0 Å². The second kappa shape index (κ2) is 5.43. The fraction of sp³-hybridized carbons (Fsp3) is 0. The van der Waals surface area contributed by atoms with Gasteiger partial charge in [-0.05, 0) is 18.2 Å². The zero-order valence-electron chi connectivity index (χ0n) is 10.2. The number of carboxylic acid groups (broad SMARTS) is 1. The number of sulfonamides is 1. The highest BCUT2D eigenvalue weighted by Crippen LogP contribution is 2.26. The first-order valence-electron chi connectivity index (χ1n) is 5.34. The number of nitrogens with zero attached hydrogens (tertiary/aromatic N) is 2. The molecule has 0 amide bonds. The van der Waals surface area contributed by atoms with E-state index in [2.05, 4.69) is 14.9 Å². The van der Waals surface area contributed by atoms with E-state index in [0.717, 1.165) is 6.20 Å². The number of carbonyl (C=O) groups is 1. The maximum atomic E-state index is 12.2. The Hall–Kier alpha value is -2.57. The Morgan fingerprint density at radius 3 is 2.81 bits per heavy atom. The first-order valence-corrected chi connectivity index (χ1v) is 7.20. The lowest BCUT2D eigenvalue weighted by atomic mass is 10.2. The fourth-order valence-corrected chi connectivity index (χ4v) is 2.88. The number of nitrogens with one attached hydrogen (secondary N) is 2. The molecule has 0 spiro atoms. The minimum atomic E-state index is -4.24. The summed E-state index contributed by atoms with van der Waals surface area (Å²) in [6.07, 6.45) is 0.879. The van der Waals surface area contributed by atoms with E-state index in [4.69, 9.17) is 22.0 Å². The van der Waals surface area contributed by atoms with E-state index in [0.29, 0.717) is 0 Å². The van der Waals surface area contributed by atoms with Gasteiger partial charge in [0.05, 0.1) is 28.5 Å². The Labute approximate surface area is 124 Å². The summed E-state index contributed by atoms with van der Waals surface area (Å²) in [5, 5.41) is 22.7. The molecule has 0 aliphatic rings. The van der Waals surface area contributed by atoms with Crippen LogP contribution >= 0.6 is 11.6 Å². The van der Waals surface area contributed by atoms with Gasteiger partial charge in [-0.25, -0.2) is 4.79 Å². The van der Waals surface area contributed by atoms with Crippen molar-refractivity contribution < 1.29 is 18.3 Å². The minimum Gasteiger partial charge on any atom is -0.478 e. The lowest BCUT2D eigenvalue weighted by Crippen LogP contribution is -2.17. The van der Waals surface area contributed by atoms with E-state index in [9.17, 15) is 13.2 Å². The Morgan fingerprint density at radius 1 is 1.48 bits per heavy atom. The Bertz CT molecular complexity index is 853.